The Bertz CT molecular complexity index is 991. The van der Waals surface area contributed by atoms with E-state index in [0.717, 1.165) is 53.9 Å². The van der Waals surface area contributed by atoms with Crippen LogP contribution in [0, 0.1) is 0 Å². The summed E-state index contributed by atoms with van der Waals surface area (Å²) < 4.78 is 4.94. The van der Waals surface area contributed by atoms with Crippen LogP contribution in [0.3, 0.4) is 0 Å². The average molecular weight is 405 g/mol. The van der Waals surface area contributed by atoms with Crippen molar-refractivity contribution in [3.63, 3.8) is 0 Å². The van der Waals surface area contributed by atoms with Crippen LogP contribution in [0.25, 0.3) is 21.8 Å². The lowest BCUT2D eigenvalue weighted by atomic mass is 10.0. The fraction of sp³-hybridized carbons (Fsp3) is 0.320. The molecule has 0 bridgehead atoms. The van der Waals surface area contributed by atoms with Crippen molar-refractivity contribution >= 4 is 33.7 Å². The number of nitrogens with zero attached hydrogens (tertiary/aromatic N) is 1. The molecule has 0 saturated carbocycles. The van der Waals surface area contributed by atoms with Gasteiger partial charge in [-0.25, -0.2) is 9.78 Å². The van der Waals surface area contributed by atoms with Crippen molar-refractivity contribution < 1.29 is 14.3 Å². The Balaban J connectivity index is 1.83. The van der Waals surface area contributed by atoms with Crippen LogP contribution in [-0.2, 0) is 9.53 Å². The first-order valence-corrected chi connectivity index (χ1v) is 10.4. The molecule has 0 aliphatic carbocycles. The number of methoxy groups -OCH3 is 1. The van der Waals surface area contributed by atoms with Crippen molar-refractivity contribution in [2.45, 2.75) is 44.6 Å². The van der Waals surface area contributed by atoms with Gasteiger partial charge in [0.25, 0.3) is 5.91 Å². The largest absolute Gasteiger partial charge is 0.467 e. The van der Waals surface area contributed by atoms with Gasteiger partial charge in [0.1, 0.15) is 6.04 Å². The number of para-hydroxylation sites is 2. The van der Waals surface area contributed by atoms with Crippen LogP contribution in [0.15, 0.2) is 61.2 Å². The van der Waals surface area contributed by atoms with Gasteiger partial charge in [-0.05, 0) is 31.4 Å². The maximum Gasteiger partial charge on any atom is 0.328 e. The standard InChI is InChI=1S/C25H28N2O3/c1-3-4-5-6-7-8-17-22(25(29)30-2)27-24(28)23-18-13-9-11-15-20(18)26-21-16-12-10-14-19(21)23/h3,9-16,22H,1,4-8,17H2,2H3,(H,27,28)/t22-/m0/s1. The van der Waals surface area contributed by atoms with E-state index in [0.29, 0.717) is 12.0 Å². The van der Waals surface area contributed by atoms with Crippen molar-refractivity contribution in [2.24, 2.45) is 0 Å². The maximum absolute atomic E-state index is 13.3. The number of nitrogens with one attached hydrogen (secondary N) is 1. The molecule has 1 aromatic heterocycles. The number of carbonyl (C=O) groups is 2. The van der Waals surface area contributed by atoms with Gasteiger partial charge in [-0.2, -0.15) is 0 Å². The number of amides is 1. The normalized spacial score (nSPS) is 11.9. The Morgan fingerprint density at radius 3 is 2.20 bits per heavy atom. The van der Waals surface area contributed by atoms with Crippen LogP contribution in [-0.4, -0.2) is 30.0 Å². The molecule has 0 aliphatic rings. The molecule has 1 heterocycles. The molecule has 30 heavy (non-hydrogen) atoms. The molecule has 1 amide bonds. The third-order valence-electron chi connectivity index (χ3n) is 5.26. The number of pyridine rings is 1. The number of ether oxygens (including phenoxy) is 1. The van der Waals surface area contributed by atoms with Gasteiger partial charge in [0.15, 0.2) is 0 Å². The van der Waals surface area contributed by atoms with Gasteiger partial charge >= 0.3 is 5.97 Å². The van der Waals surface area contributed by atoms with Crippen LogP contribution in [0.4, 0.5) is 0 Å². The molecule has 5 nitrogen and oxygen atoms in total. The summed E-state index contributed by atoms with van der Waals surface area (Å²) in [6.45, 7) is 3.73. The van der Waals surface area contributed by atoms with E-state index in [-0.39, 0.29) is 5.91 Å². The van der Waals surface area contributed by atoms with E-state index >= 15 is 0 Å². The molecule has 5 heteroatoms. The van der Waals surface area contributed by atoms with E-state index in [1.807, 2.05) is 54.6 Å². The number of allylic oxidation sites excluding steroid dienone is 1. The van der Waals surface area contributed by atoms with Crippen molar-refractivity contribution in [2.75, 3.05) is 7.11 Å². The van der Waals surface area contributed by atoms with Crippen molar-refractivity contribution in [1.29, 1.82) is 0 Å². The lowest BCUT2D eigenvalue weighted by Crippen LogP contribution is -2.41. The molecule has 0 spiro atoms. The molecular weight excluding hydrogens is 376 g/mol. The second kappa shape index (κ2) is 10.5. The zero-order chi connectivity index (χ0) is 21.3. The average Bonchev–Trinajstić information content (AvgIpc) is 2.78. The summed E-state index contributed by atoms with van der Waals surface area (Å²) in [5.74, 6) is -0.705. The predicted molar refractivity (Wildman–Crippen MR) is 120 cm³/mol. The maximum atomic E-state index is 13.3. The number of unbranched alkanes of at least 4 members (excludes halogenated alkanes) is 4. The Hall–Kier alpha value is -3.21. The molecule has 0 saturated heterocycles. The predicted octanol–water partition coefficient (Wildman–Crippen LogP) is 5.19. The topological polar surface area (TPSA) is 68.3 Å². The highest BCUT2D eigenvalue weighted by Gasteiger charge is 2.24. The highest BCUT2D eigenvalue weighted by molar-refractivity contribution is 6.16. The number of fused-ring (bicyclic) bond motifs is 2. The summed E-state index contributed by atoms with van der Waals surface area (Å²) in [7, 11) is 1.35. The van der Waals surface area contributed by atoms with Crippen LogP contribution < -0.4 is 5.32 Å². The van der Waals surface area contributed by atoms with Crippen molar-refractivity contribution in [3.8, 4) is 0 Å². The highest BCUT2D eigenvalue weighted by Crippen LogP contribution is 2.26. The second-order valence-corrected chi connectivity index (χ2v) is 7.35. The van der Waals surface area contributed by atoms with E-state index in [4.69, 9.17) is 4.74 Å². The molecule has 0 radical (unpaired) electrons. The Labute approximate surface area is 177 Å². The van der Waals surface area contributed by atoms with Gasteiger partial charge in [-0.15, -0.1) is 6.58 Å². The second-order valence-electron chi connectivity index (χ2n) is 7.35. The summed E-state index contributed by atoms with van der Waals surface area (Å²) in [5, 5.41) is 4.44. The van der Waals surface area contributed by atoms with Crippen LogP contribution in [0.1, 0.15) is 48.9 Å². The highest BCUT2D eigenvalue weighted by atomic mass is 16.5. The summed E-state index contributed by atoms with van der Waals surface area (Å²) in [4.78, 5) is 30.3. The fourth-order valence-corrected chi connectivity index (χ4v) is 3.70. The SMILES string of the molecule is C=CCCCCCC[C@H](NC(=O)c1c2ccccc2nc2ccccc12)C(=O)OC. The minimum absolute atomic E-state index is 0.285. The number of rotatable bonds is 10. The van der Waals surface area contributed by atoms with Gasteiger partial charge < -0.3 is 10.1 Å². The third-order valence-corrected chi connectivity index (χ3v) is 5.26. The Kier molecular flexibility index (Phi) is 7.55. The van der Waals surface area contributed by atoms with E-state index in [2.05, 4.69) is 16.9 Å². The fourth-order valence-electron chi connectivity index (χ4n) is 3.70. The van der Waals surface area contributed by atoms with Crippen molar-refractivity contribution in [1.82, 2.24) is 10.3 Å². The first-order valence-electron chi connectivity index (χ1n) is 10.4. The van der Waals surface area contributed by atoms with Gasteiger partial charge in [-0.1, -0.05) is 61.7 Å². The number of carbonyl (C=O) groups excluding carboxylic acids is 2. The van der Waals surface area contributed by atoms with E-state index in [1.165, 1.54) is 7.11 Å². The quantitative estimate of drug-likeness (QED) is 0.219. The lowest BCUT2D eigenvalue weighted by Gasteiger charge is -2.18. The zero-order valence-electron chi connectivity index (χ0n) is 17.4. The minimum Gasteiger partial charge on any atom is -0.467 e. The molecule has 3 rings (SSSR count). The van der Waals surface area contributed by atoms with Crippen molar-refractivity contribution in [3.05, 3.63) is 66.7 Å². The molecule has 0 aliphatic heterocycles. The summed E-state index contributed by atoms with van der Waals surface area (Å²) in [5.41, 5.74) is 2.03. The number of hydrogen-bond donors (Lipinski definition) is 1. The summed E-state index contributed by atoms with van der Waals surface area (Å²) in [6, 6.07) is 14.4. The summed E-state index contributed by atoms with van der Waals surface area (Å²) in [6.07, 6.45) is 7.47. The molecule has 1 N–H and O–H groups in total. The number of benzene rings is 2. The van der Waals surface area contributed by atoms with Gasteiger partial charge in [0, 0.05) is 10.8 Å². The molecule has 0 fully saturated rings. The molecule has 3 aromatic rings. The van der Waals surface area contributed by atoms with Crippen LogP contribution in [0.5, 0.6) is 0 Å². The molecule has 156 valence electrons. The number of esters is 1. The van der Waals surface area contributed by atoms with Crippen LogP contribution in [0.2, 0.25) is 0 Å². The Morgan fingerprint density at radius 1 is 1.00 bits per heavy atom. The summed E-state index contributed by atoms with van der Waals surface area (Å²) >= 11 is 0. The van der Waals surface area contributed by atoms with E-state index in [1.54, 1.807) is 0 Å². The smallest absolute Gasteiger partial charge is 0.328 e. The third kappa shape index (κ3) is 5.03. The Morgan fingerprint density at radius 2 is 1.60 bits per heavy atom. The number of aromatic nitrogens is 1. The van der Waals surface area contributed by atoms with Gasteiger partial charge in [-0.3, -0.25) is 4.79 Å². The first kappa shape index (κ1) is 21.5. The van der Waals surface area contributed by atoms with Gasteiger partial charge in [0.05, 0.1) is 23.7 Å². The first-order chi connectivity index (χ1) is 14.7. The minimum atomic E-state index is -0.674. The molecule has 1 atom stereocenters. The molecule has 0 unspecified atom stereocenters. The van der Waals surface area contributed by atoms with Gasteiger partial charge in [0.2, 0.25) is 0 Å². The monoisotopic (exact) mass is 404 g/mol. The molecule has 2 aromatic carbocycles. The molecular formula is C25H28N2O3. The zero-order valence-corrected chi connectivity index (χ0v) is 17.4. The van der Waals surface area contributed by atoms with E-state index in [9.17, 15) is 9.59 Å². The number of hydrogen-bond acceptors (Lipinski definition) is 4. The van der Waals surface area contributed by atoms with Crippen LogP contribution >= 0.6 is 0 Å². The van der Waals surface area contributed by atoms with E-state index < -0.39 is 12.0 Å². The lowest BCUT2D eigenvalue weighted by molar-refractivity contribution is -0.143.